The van der Waals surface area contributed by atoms with Crippen molar-refractivity contribution >= 4 is 33.3 Å². The lowest BCUT2D eigenvalue weighted by Gasteiger charge is -2.29. The molecule has 1 fully saturated rings. The van der Waals surface area contributed by atoms with Gasteiger partial charge in [-0.3, -0.25) is 9.62 Å². The summed E-state index contributed by atoms with van der Waals surface area (Å²) >= 11 is 6.26. The van der Waals surface area contributed by atoms with Crippen LogP contribution < -0.4 is 4.72 Å². The zero-order valence-corrected chi connectivity index (χ0v) is 17.7. The molecule has 1 heterocycles. The van der Waals surface area contributed by atoms with Crippen molar-refractivity contribution in [2.45, 2.75) is 31.4 Å². The van der Waals surface area contributed by atoms with Crippen LogP contribution in [-0.2, 0) is 21.2 Å². The fourth-order valence-electron chi connectivity index (χ4n) is 4.21. The SMILES string of the molecule is CS(=O)(=O)Nc1ccc(C(=O)O[C@H]2c3ccccc3C[C@@H]2N2CCCC2)c(Cl)c1. The summed E-state index contributed by atoms with van der Waals surface area (Å²) in [4.78, 5) is 15.3. The molecule has 2 aromatic carbocycles. The second-order valence-corrected chi connectivity index (χ2v) is 9.76. The molecule has 0 spiro atoms. The van der Waals surface area contributed by atoms with Crippen LogP contribution in [0.15, 0.2) is 42.5 Å². The second-order valence-electron chi connectivity index (χ2n) is 7.61. The average molecular weight is 435 g/mol. The van der Waals surface area contributed by atoms with Crippen LogP contribution in [0.1, 0.15) is 40.4 Å². The number of likely N-dealkylation sites (tertiary alicyclic amines) is 1. The van der Waals surface area contributed by atoms with Gasteiger partial charge in [0.1, 0.15) is 6.10 Å². The van der Waals surface area contributed by atoms with Crippen LogP contribution in [0.2, 0.25) is 5.02 Å². The lowest BCUT2D eigenvalue weighted by atomic mass is 10.1. The Morgan fingerprint density at radius 3 is 2.59 bits per heavy atom. The summed E-state index contributed by atoms with van der Waals surface area (Å²) in [6, 6.07) is 12.6. The third kappa shape index (κ3) is 4.42. The van der Waals surface area contributed by atoms with Crippen molar-refractivity contribution in [1.29, 1.82) is 0 Å². The Morgan fingerprint density at radius 1 is 1.17 bits per heavy atom. The van der Waals surface area contributed by atoms with E-state index < -0.39 is 16.0 Å². The van der Waals surface area contributed by atoms with E-state index in [0.29, 0.717) is 5.69 Å². The molecule has 1 aliphatic heterocycles. The van der Waals surface area contributed by atoms with E-state index in [1.165, 1.54) is 23.8 Å². The van der Waals surface area contributed by atoms with Crippen LogP contribution in [0.25, 0.3) is 0 Å². The van der Waals surface area contributed by atoms with Crippen LogP contribution in [-0.4, -0.2) is 44.7 Å². The van der Waals surface area contributed by atoms with Gasteiger partial charge in [0.25, 0.3) is 0 Å². The highest BCUT2D eigenvalue weighted by Crippen LogP contribution is 2.39. The van der Waals surface area contributed by atoms with E-state index in [0.717, 1.165) is 44.2 Å². The van der Waals surface area contributed by atoms with Gasteiger partial charge in [0.2, 0.25) is 10.0 Å². The fourth-order valence-corrected chi connectivity index (χ4v) is 5.02. The molecule has 154 valence electrons. The zero-order valence-electron chi connectivity index (χ0n) is 16.1. The summed E-state index contributed by atoms with van der Waals surface area (Å²) in [5.74, 6) is -0.508. The molecule has 0 bridgehead atoms. The molecule has 2 aromatic rings. The lowest BCUT2D eigenvalue weighted by Crippen LogP contribution is -2.37. The quantitative estimate of drug-likeness (QED) is 0.727. The maximum absolute atomic E-state index is 12.9. The van der Waals surface area contributed by atoms with Crippen LogP contribution in [0.4, 0.5) is 5.69 Å². The highest BCUT2D eigenvalue weighted by Gasteiger charge is 2.39. The number of carbonyl (C=O) groups is 1. The Hall–Kier alpha value is -2.09. The number of nitrogens with zero attached hydrogens (tertiary/aromatic N) is 1. The second kappa shape index (κ2) is 7.97. The summed E-state index contributed by atoms with van der Waals surface area (Å²) in [5, 5.41) is 0.146. The highest BCUT2D eigenvalue weighted by atomic mass is 35.5. The van der Waals surface area contributed by atoms with E-state index in [-0.39, 0.29) is 22.7 Å². The summed E-state index contributed by atoms with van der Waals surface area (Å²) in [7, 11) is -3.43. The van der Waals surface area contributed by atoms with E-state index in [1.54, 1.807) is 0 Å². The Kier molecular flexibility index (Phi) is 5.55. The van der Waals surface area contributed by atoms with Crippen molar-refractivity contribution in [3.63, 3.8) is 0 Å². The predicted molar refractivity (Wildman–Crippen MR) is 113 cm³/mol. The number of nitrogens with one attached hydrogen (secondary N) is 1. The Bertz CT molecular complexity index is 1030. The molecule has 1 N–H and O–H groups in total. The van der Waals surface area contributed by atoms with Crippen molar-refractivity contribution in [3.05, 3.63) is 64.2 Å². The monoisotopic (exact) mass is 434 g/mol. The summed E-state index contributed by atoms with van der Waals surface area (Å²) < 4.78 is 31.1. The number of rotatable bonds is 5. The number of benzene rings is 2. The van der Waals surface area contributed by atoms with Crippen LogP contribution in [0, 0.1) is 0 Å². The number of sulfonamides is 1. The topological polar surface area (TPSA) is 75.7 Å². The maximum Gasteiger partial charge on any atom is 0.340 e. The summed E-state index contributed by atoms with van der Waals surface area (Å²) in [6.45, 7) is 2.03. The molecular weight excluding hydrogens is 412 g/mol. The van der Waals surface area contributed by atoms with Crippen LogP contribution >= 0.6 is 11.6 Å². The molecule has 29 heavy (non-hydrogen) atoms. The van der Waals surface area contributed by atoms with E-state index in [4.69, 9.17) is 16.3 Å². The van der Waals surface area contributed by atoms with E-state index in [2.05, 4.69) is 15.7 Å². The minimum absolute atomic E-state index is 0.129. The van der Waals surface area contributed by atoms with Gasteiger partial charge in [-0.05, 0) is 61.7 Å². The zero-order chi connectivity index (χ0) is 20.6. The molecule has 6 nitrogen and oxygen atoms in total. The van der Waals surface area contributed by atoms with E-state index >= 15 is 0 Å². The van der Waals surface area contributed by atoms with Gasteiger partial charge in [-0.1, -0.05) is 35.9 Å². The van der Waals surface area contributed by atoms with Crippen LogP contribution in [0.3, 0.4) is 0 Å². The van der Waals surface area contributed by atoms with Crippen molar-refractivity contribution in [2.75, 3.05) is 24.1 Å². The molecule has 8 heteroatoms. The van der Waals surface area contributed by atoms with E-state index in [1.807, 2.05) is 18.2 Å². The molecule has 1 aliphatic carbocycles. The lowest BCUT2D eigenvalue weighted by molar-refractivity contribution is 0.00676. The standard InChI is InChI=1S/C21H23ClN2O4S/c1-29(26,27)23-15-8-9-17(18(22)13-15)21(25)28-20-16-7-3-2-6-14(16)12-19(20)24-10-4-5-11-24/h2-3,6-9,13,19-20,23H,4-5,10-12H2,1H3/t19-,20-/m0/s1. The third-order valence-electron chi connectivity index (χ3n) is 5.48. The smallest absolute Gasteiger partial charge is 0.340 e. The highest BCUT2D eigenvalue weighted by molar-refractivity contribution is 7.92. The largest absolute Gasteiger partial charge is 0.452 e. The van der Waals surface area contributed by atoms with Crippen molar-refractivity contribution in [1.82, 2.24) is 4.90 Å². The van der Waals surface area contributed by atoms with Gasteiger partial charge in [0.05, 0.1) is 22.9 Å². The molecule has 1 saturated heterocycles. The Balaban J connectivity index is 1.57. The van der Waals surface area contributed by atoms with Crippen molar-refractivity contribution < 1.29 is 17.9 Å². The van der Waals surface area contributed by atoms with Gasteiger partial charge in [0, 0.05) is 5.69 Å². The number of ether oxygens (including phenoxy) is 1. The number of hydrogen-bond donors (Lipinski definition) is 1. The number of esters is 1. The minimum atomic E-state index is -3.43. The first-order valence-electron chi connectivity index (χ1n) is 9.62. The van der Waals surface area contributed by atoms with E-state index in [9.17, 15) is 13.2 Å². The van der Waals surface area contributed by atoms with Gasteiger partial charge < -0.3 is 4.74 Å². The van der Waals surface area contributed by atoms with Gasteiger partial charge in [-0.25, -0.2) is 13.2 Å². The summed E-state index contributed by atoms with van der Waals surface area (Å²) in [6.07, 6.45) is 3.89. The predicted octanol–water partition coefficient (Wildman–Crippen LogP) is 3.63. The first-order chi connectivity index (χ1) is 13.8. The summed E-state index contributed by atoms with van der Waals surface area (Å²) in [5.41, 5.74) is 2.77. The van der Waals surface area contributed by atoms with Gasteiger partial charge in [-0.15, -0.1) is 0 Å². The van der Waals surface area contributed by atoms with Gasteiger partial charge in [0.15, 0.2) is 0 Å². The van der Waals surface area contributed by atoms with Gasteiger partial charge in [-0.2, -0.15) is 0 Å². The molecule has 0 aromatic heterocycles. The maximum atomic E-state index is 12.9. The Morgan fingerprint density at radius 2 is 1.90 bits per heavy atom. The number of carbonyl (C=O) groups excluding carboxylic acids is 1. The number of fused-ring (bicyclic) bond motifs is 1. The molecular formula is C21H23ClN2O4S. The average Bonchev–Trinajstić information content (AvgIpc) is 3.28. The third-order valence-corrected chi connectivity index (χ3v) is 6.40. The fraction of sp³-hybridized carbons (Fsp3) is 0.381. The minimum Gasteiger partial charge on any atom is -0.452 e. The molecule has 0 saturated carbocycles. The van der Waals surface area contributed by atoms with Gasteiger partial charge >= 0.3 is 5.97 Å². The normalized spacial score (nSPS) is 21.7. The Labute approximate surface area is 175 Å². The molecule has 0 amide bonds. The first kappa shape index (κ1) is 20.2. The molecule has 0 radical (unpaired) electrons. The molecule has 2 atom stereocenters. The molecule has 0 unspecified atom stereocenters. The number of hydrogen-bond acceptors (Lipinski definition) is 5. The number of anilines is 1. The molecule has 4 rings (SSSR count). The molecule has 2 aliphatic rings. The van der Waals surface area contributed by atoms with Crippen LogP contribution in [0.5, 0.6) is 0 Å². The van der Waals surface area contributed by atoms with Crippen molar-refractivity contribution in [3.8, 4) is 0 Å². The number of halogens is 1. The van der Waals surface area contributed by atoms with Crippen molar-refractivity contribution in [2.24, 2.45) is 0 Å². The first-order valence-corrected chi connectivity index (χ1v) is 11.9.